The molecule has 0 saturated heterocycles. The Labute approximate surface area is 135 Å². The molecule has 4 nitrogen and oxygen atoms in total. The molecule has 0 atom stereocenters. The Morgan fingerprint density at radius 3 is 2.58 bits per heavy atom. The number of carbonyl (C=O) groups excluding carboxylic acids is 1. The van der Waals surface area contributed by atoms with Gasteiger partial charge in [-0.2, -0.15) is 18.3 Å². The molecular weight excluding hydrogens is 319 g/mol. The number of aromatic nitrogens is 2. The topological polar surface area (TPSA) is 57.8 Å². The molecule has 0 aliphatic carbocycles. The van der Waals surface area contributed by atoms with E-state index in [0.29, 0.717) is 5.56 Å². The number of alkyl halides is 3. The third kappa shape index (κ3) is 3.56. The van der Waals surface area contributed by atoms with Crippen LogP contribution in [0.2, 0.25) is 0 Å². The number of nitrogens with one attached hydrogen (secondary N) is 2. The molecule has 0 unspecified atom stereocenters. The Hall–Kier alpha value is -2.83. The summed E-state index contributed by atoms with van der Waals surface area (Å²) in [6.07, 6.45) is -2.52. The van der Waals surface area contributed by atoms with E-state index in [2.05, 4.69) is 15.5 Å². The lowest BCUT2D eigenvalue weighted by Gasteiger charge is -2.09. The molecule has 124 valence electrons. The van der Waals surface area contributed by atoms with E-state index in [-0.39, 0.29) is 18.9 Å². The van der Waals surface area contributed by atoms with E-state index in [1.54, 1.807) is 6.20 Å². The van der Waals surface area contributed by atoms with Gasteiger partial charge in [-0.05, 0) is 29.3 Å². The summed E-state index contributed by atoms with van der Waals surface area (Å²) in [5, 5.41) is 10.4. The largest absolute Gasteiger partial charge is 0.416 e. The average Bonchev–Trinajstić information content (AvgIpc) is 3.02. The van der Waals surface area contributed by atoms with Crippen LogP contribution in [0.15, 0.2) is 48.7 Å². The first-order chi connectivity index (χ1) is 11.4. The molecular formula is C17H14F3N3O. The Balaban J connectivity index is 1.61. The molecule has 24 heavy (non-hydrogen) atoms. The maximum atomic E-state index is 12.5. The second-order valence-corrected chi connectivity index (χ2v) is 5.40. The fourth-order valence-electron chi connectivity index (χ4n) is 2.43. The molecule has 7 heteroatoms. The number of hydrogen-bond acceptors (Lipinski definition) is 2. The number of hydrogen-bond donors (Lipinski definition) is 2. The second-order valence-electron chi connectivity index (χ2n) is 5.40. The van der Waals surface area contributed by atoms with E-state index in [1.165, 1.54) is 12.1 Å². The van der Waals surface area contributed by atoms with Crippen molar-refractivity contribution in [1.82, 2.24) is 15.5 Å². The summed E-state index contributed by atoms with van der Waals surface area (Å²) in [6.45, 7) is 0.179. The number of H-pyrrole nitrogens is 1. The highest BCUT2D eigenvalue weighted by atomic mass is 19.4. The minimum absolute atomic E-state index is 0.178. The third-order valence-corrected chi connectivity index (χ3v) is 3.70. The van der Waals surface area contributed by atoms with Crippen molar-refractivity contribution in [3.8, 4) is 0 Å². The number of aromatic amines is 1. The first-order valence-electron chi connectivity index (χ1n) is 7.27. The van der Waals surface area contributed by atoms with Gasteiger partial charge in [-0.25, -0.2) is 0 Å². The molecule has 0 aliphatic rings. The van der Waals surface area contributed by atoms with E-state index >= 15 is 0 Å². The second kappa shape index (κ2) is 6.35. The van der Waals surface area contributed by atoms with Gasteiger partial charge in [0.1, 0.15) is 0 Å². The van der Waals surface area contributed by atoms with Crippen LogP contribution in [0.3, 0.4) is 0 Å². The maximum absolute atomic E-state index is 12.5. The third-order valence-electron chi connectivity index (χ3n) is 3.70. The molecule has 2 aromatic carbocycles. The standard InChI is InChI=1S/C17H14F3N3O/c18-17(19,20)13-6-4-11(5-7-13)9-21-16(24)8-12-2-1-3-15-14(12)10-22-23-15/h1-7,10H,8-9H2,(H,21,24)(H,22,23). The molecule has 3 aromatic rings. The van der Waals surface area contributed by atoms with Crippen molar-refractivity contribution in [2.75, 3.05) is 0 Å². The van der Waals surface area contributed by atoms with Gasteiger partial charge in [-0.1, -0.05) is 24.3 Å². The summed E-state index contributed by atoms with van der Waals surface area (Å²) in [7, 11) is 0. The molecule has 2 N–H and O–H groups in total. The number of nitrogens with zero attached hydrogens (tertiary/aromatic N) is 1. The highest BCUT2D eigenvalue weighted by molar-refractivity contribution is 5.87. The van der Waals surface area contributed by atoms with Crippen LogP contribution >= 0.6 is 0 Å². The van der Waals surface area contributed by atoms with Crippen molar-refractivity contribution in [3.05, 3.63) is 65.4 Å². The van der Waals surface area contributed by atoms with Crippen LogP contribution in [0.25, 0.3) is 10.9 Å². The number of rotatable bonds is 4. The Morgan fingerprint density at radius 1 is 1.12 bits per heavy atom. The van der Waals surface area contributed by atoms with Crippen LogP contribution in [-0.4, -0.2) is 16.1 Å². The Bertz CT molecular complexity index is 853. The summed E-state index contributed by atoms with van der Waals surface area (Å²) < 4.78 is 37.5. The molecule has 0 aliphatic heterocycles. The van der Waals surface area contributed by atoms with Gasteiger partial charge in [0.25, 0.3) is 0 Å². The number of halogens is 3. The summed E-state index contributed by atoms with van der Waals surface area (Å²) in [5.74, 6) is -0.205. The smallest absolute Gasteiger partial charge is 0.352 e. The zero-order valence-electron chi connectivity index (χ0n) is 12.5. The zero-order valence-corrected chi connectivity index (χ0v) is 12.5. The van der Waals surface area contributed by atoms with Gasteiger partial charge >= 0.3 is 6.18 Å². The summed E-state index contributed by atoms with van der Waals surface area (Å²) in [6, 6.07) is 10.3. The highest BCUT2D eigenvalue weighted by Gasteiger charge is 2.29. The van der Waals surface area contributed by atoms with Crippen LogP contribution in [0, 0.1) is 0 Å². The van der Waals surface area contributed by atoms with Gasteiger partial charge in [0.15, 0.2) is 0 Å². The Kier molecular flexibility index (Phi) is 4.24. The van der Waals surface area contributed by atoms with E-state index < -0.39 is 11.7 Å². The molecule has 1 heterocycles. The van der Waals surface area contributed by atoms with Gasteiger partial charge in [-0.3, -0.25) is 9.89 Å². The predicted octanol–water partition coefficient (Wildman–Crippen LogP) is 3.44. The summed E-state index contributed by atoms with van der Waals surface area (Å²) in [5.41, 5.74) is 1.59. The Morgan fingerprint density at radius 2 is 1.88 bits per heavy atom. The van der Waals surface area contributed by atoms with Gasteiger partial charge in [-0.15, -0.1) is 0 Å². The van der Waals surface area contributed by atoms with Crippen molar-refractivity contribution >= 4 is 16.8 Å². The monoisotopic (exact) mass is 333 g/mol. The highest BCUT2D eigenvalue weighted by Crippen LogP contribution is 2.29. The van der Waals surface area contributed by atoms with Crippen LogP contribution in [-0.2, 0) is 23.9 Å². The minimum Gasteiger partial charge on any atom is -0.352 e. The molecule has 0 bridgehead atoms. The number of fused-ring (bicyclic) bond motifs is 1. The van der Waals surface area contributed by atoms with Gasteiger partial charge in [0, 0.05) is 11.9 Å². The summed E-state index contributed by atoms with van der Waals surface area (Å²) in [4.78, 5) is 12.1. The lowest BCUT2D eigenvalue weighted by Crippen LogP contribution is -2.24. The lowest BCUT2D eigenvalue weighted by molar-refractivity contribution is -0.137. The number of benzene rings is 2. The van der Waals surface area contributed by atoms with E-state index in [0.717, 1.165) is 28.6 Å². The van der Waals surface area contributed by atoms with Gasteiger partial charge < -0.3 is 5.32 Å². The van der Waals surface area contributed by atoms with Crippen molar-refractivity contribution in [1.29, 1.82) is 0 Å². The van der Waals surface area contributed by atoms with Crippen molar-refractivity contribution < 1.29 is 18.0 Å². The number of carbonyl (C=O) groups is 1. The van der Waals surface area contributed by atoms with Crippen molar-refractivity contribution in [2.24, 2.45) is 0 Å². The van der Waals surface area contributed by atoms with E-state index in [9.17, 15) is 18.0 Å². The quantitative estimate of drug-likeness (QED) is 0.768. The van der Waals surface area contributed by atoms with Crippen molar-refractivity contribution in [2.45, 2.75) is 19.1 Å². The lowest BCUT2D eigenvalue weighted by atomic mass is 10.1. The fourth-order valence-corrected chi connectivity index (χ4v) is 2.43. The van der Waals surface area contributed by atoms with Gasteiger partial charge in [0.05, 0.1) is 23.7 Å². The first kappa shape index (κ1) is 16.0. The van der Waals surface area contributed by atoms with Crippen LogP contribution < -0.4 is 5.32 Å². The maximum Gasteiger partial charge on any atom is 0.416 e. The molecule has 1 aromatic heterocycles. The summed E-state index contributed by atoms with van der Waals surface area (Å²) >= 11 is 0. The van der Waals surface area contributed by atoms with Crippen LogP contribution in [0.1, 0.15) is 16.7 Å². The first-order valence-corrected chi connectivity index (χ1v) is 7.27. The molecule has 0 radical (unpaired) electrons. The molecule has 1 amide bonds. The SMILES string of the molecule is O=C(Cc1cccc2[nH]ncc12)NCc1ccc(C(F)(F)F)cc1. The van der Waals surface area contributed by atoms with Crippen LogP contribution in [0.5, 0.6) is 0 Å². The predicted molar refractivity (Wildman–Crippen MR) is 83.1 cm³/mol. The van der Waals surface area contributed by atoms with E-state index in [4.69, 9.17) is 0 Å². The molecule has 0 fully saturated rings. The van der Waals surface area contributed by atoms with Crippen molar-refractivity contribution in [3.63, 3.8) is 0 Å². The normalized spacial score (nSPS) is 11.6. The molecule has 3 rings (SSSR count). The zero-order chi connectivity index (χ0) is 17.2. The molecule has 0 saturated carbocycles. The number of amides is 1. The minimum atomic E-state index is -4.36. The van der Waals surface area contributed by atoms with Gasteiger partial charge in [0.2, 0.25) is 5.91 Å². The average molecular weight is 333 g/mol. The van der Waals surface area contributed by atoms with Crippen LogP contribution in [0.4, 0.5) is 13.2 Å². The van der Waals surface area contributed by atoms with E-state index in [1.807, 2.05) is 18.2 Å². The fraction of sp³-hybridized carbons (Fsp3) is 0.176. The molecule has 0 spiro atoms.